The van der Waals surface area contributed by atoms with E-state index in [0.29, 0.717) is 10.6 Å². The molecule has 3 rings (SSSR count). The number of pyridine rings is 1. The minimum atomic E-state index is -0.203. The lowest BCUT2D eigenvalue weighted by Gasteiger charge is -2.27. The molecule has 1 fully saturated rings. The van der Waals surface area contributed by atoms with Gasteiger partial charge in [-0.25, -0.2) is 0 Å². The third kappa shape index (κ3) is 5.14. The molecule has 26 heavy (non-hydrogen) atoms. The quantitative estimate of drug-likeness (QED) is 0.817. The molecule has 0 spiro atoms. The number of carbonyl (C=O) groups is 1. The van der Waals surface area contributed by atoms with Crippen molar-refractivity contribution in [3.05, 3.63) is 64.4 Å². The molecule has 0 unspecified atom stereocenters. The first-order chi connectivity index (χ1) is 12.6. The van der Waals surface area contributed by atoms with E-state index in [2.05, 4.69) is 28.2 Å². The SMILES string of the molecule is Cc1cc(NC(=O)/C=C/c2cnccc2Cl)ccc1CN1CCOCC1. The van der Waals surface area contributed by atoms with Crippen LogP contribution in [0.25, 0.3) is 6.08 Å². The summed E-state index contributed by atoms with van der Waals surface area (Å²) in [5.41, 5.74) is 3.91. The number of aromatic nitrogens is 1. The number of aryl methyl sites for hydroxylation is 1. The molecule has 0 bridgehead atoms. The van der Waals surface area contributed by atoms with Gasteiger partial charge in [0.1, 0.15) is 0 Å². The number of anilines is 1. The molecule has 0 atom stereocenters. The van der Waals surface area contributed by atoms with Gasteiger partial charge in [0.15, 0.2) is 0 Å². The van der Waals surface area contributed by atoms with Gasteiger partial charge in [0, 0.05) is 49.4 Å². The fourth-order valence-electron chi connectivity index (χ4n) is 2.81. The molecule has 1 N–H and O–H groups in total. The summed E-state index contributed by atoms with van der Waals surface area (Å²) < 4.78 is 5.39. The standard InChI is InChI=1S/C20H22ClN3O2/c1-15-12-18(4-2-17(15)14-24-8-10-26-11-9-24)23-20(25)5-3-16-13-22-7-6-19(16)21/h2-7,12-13H,8-11,14H2,1H3,(H,23,25)/b5-3+. The van der Waals surface area contributed by atoms with Crippen LogP contribution in [0, 0.1) is 6.92 Å². The Bertz CT molecular complexity index is 801. The third-order valence-electron chi connectivity index (χ3n) is 4.32. The number of morpholine rings is 1. The zero-order valence-electron chi connectivity index (χ0n) is 14.7. The maximum absolute atomic E-state index is 12.1. The number of nitrogens with one attached hydrogen (secondary N) is 1. The van der Waals surface area contributed by atoms with Crippen LogP contribution >= 0.6 is 11.6 Å². The Morgan fingerprint density at radius 2 is 2.15 bits per heavy atom. The van der Waals surface area contributed by atoms with Crippen molar-refractivity contribution >= 4 is 29.3 Å². The van der Waals surface area contributed by atoms with Gasteiger partial charge < -0.3 is 10.1 Å². The van der Waals surface area contributed by atoms with Crippen molar-refractivity contribution in [2.45, 2.75) is 13.5 Å². The number of halogens is 1. The minimum absolute atomic E-state index is 0.203. The summed E-state index contributed by atoms with van der Waals surface area (Å²) in [5, 5.41) is 3.44. The van der Waals surface area contributed by atoms with E-state index < -0.39 is 0 Å². The molecular weight excluding hydrogens is 350 g/mol. The lowest BCUT2D eigenvalue weighted by Crippen LogP contribution is -2.35. The first kappa shape index (κ1) is 18.6. The average Bonchev–Trinajstić information content (AvgIpc) is 2.64. The Kier molecular flexibility index (Phi) is 6.39. The van der Waals surface area contributed by atoms with E-state index >= 15 is 0 Å². The Hall–Kier alpha value is -2.21. The van der Waals surface area contributed by atoms with E-state index in [1.54, 1.807) is 24.5 Å². The number of carbonyl (C=O) groups excluding carboxylic acids is 1. The van der Waals surface area contributed by atoms with Gasteiger partial charge in [0.2, 0.25) is 5.91 Å². The molecule has 6 heteroatoms. The van der Waals surface area contributed by atoms with Crippen LogP contribution in [0.5, 0.6) is 0 Å². The smallest absolute Gasteiger partial charge is 0.248 e. The van der Waals surface area contributed by atoms with Crippen LogP contribution in [0.1, 0.15) is 16.7 Å². The van der Waals surface area contributed by atoms with Gasteiger partial charge >= 0.3 is 0 Å². The maximum Gasteiger partial charge on any atom is 0.248 e. The number of benzene rings is 1. The molecule has 1 aliphatic heterocycles. The Labute approximate surface area is 158 Å². The van der Waals surface area contributed by atoms with E-state index in [1.807, 2.05) is 12.1 Å². The highest BCUT2D eigenvalue weighted by Crippen LogP contribution is 2.18. The molecule has 1 saturated heterocycles. The van der Waals surface area contributed by atoms with Crippen molar-refractivity contribution in [3.63, 3.8) is 0 Å². The van der Waals surface area contributed by atoms with Gasteiger partial charge in [-0.3, -0.25) is 14.7 Å². The first-order valence-corrected chi connectivity index (χ1v) is 8.98. The fraction of sp³-hybridized carbons (Fsp3) is 0.300. The van der Waals surface area contributed by atoms with Gasteiger partial charge in [0.05, 0.1) is 18.2 Å². The number of amides is 1. The molecule has 1 amide bonds. The zero-order valence-corrected chi connectivity index (χ0v) is 15.5. The van der Waals surface area contributed by atoms with Crippen LogP contribution in [0.15, 0.2) is 42.7 Å². The fourth-order valence-corrected chi connectivity index (χ4v) is 2.98. The highest BCUT2D eigenvalue weighted by atomic mass is 35.5. The molecule has 0 aliphatic carbocycles. The normalized spacial score (nSPS) is 15.3. The van der Waals surface area contributed by atoms with Crippen molar-refractivity contribution in [2.75, 3.05) is 31.6 Å². The molecule has 1 aromatic carbocycles. The molecule has 2 aromatic rings. The number of hydrogen-bond donors (Lipinski definition) is 1. The molecule has 0 radical (unpaired) electrons. The number of ether oxygens (including phenoxy) is 1. The van der Waals surface area contributed by atoms with Crippen molar-refractivity contribution in [3.8, 4) is 0 Å². The summed E-state index contributed by atoms with van der Waals surface area (Å²) >= 11 is 6.05. The van der Waals surface area contributed by atoms with Crippen molar-refractivity contribution in [2.24, 2.45) is 0 Å². The minimum Gasteiger partial charge on any atom is -0.379 e. The highest BCUT2D eigenvalue weighted by Gasteiger charge is 2.12. The van der Waals surface area contributed by atoms with Crippen LogP contribution in [0.3, 0.4) is 0 Å². The Morgan fingerprint density at radius 1 is 1.35 bits per heavy atom. The van der Waals surface area contributed by atoms with E-state index in [4.69, 9.17) is 16.3 Å². The largest absolute Gasteiger partial charge is 0.379 e. The molecule has 1 aliphatic rings. The topological polar surface area (TPSA) is 54.5 Å². The summed E-state index contributed by atoms with van der Waals surface area (Å²) in [7, 11) is 0. The Morgan fingerprint density at radius 3 is 2.88 bits per heavy atom. The summed E-state index contributed by atoms with van der Waals surface area (Å²) in [4.78, 5) is 18.5. The first-order valence-electron chi connectivity index (χ1n) is 8.60. The van der Waals surface area contributed by atoms with E-state index in [-0.39, 0.29) is 5.91 Å². The maximum atomic E-state index is 12.1. The third-order valence-corrected chi connectivity index (χ3v) is 4.66. The molecule has 1 aromatic heterocycles. The second-order valence-corrected chi connectivity index (χ2v) is 6.66. The lowest BCUT2D eigenvalue weighted by molar-refractivity contribution is -0.111. The molecule has 5 nitrogen and oxygen atoms in total. The number of nitrogens with zero attached hydrogens (tertiary/aromatic N) is 2. The van der Waals surface area contributed by atoms with Gasteiger partial charge in [-0.1, -0.05) is 17.7 Å². The van der Waals surface area contributed by atoms with Gasteiger partial charge in [0.25, 0.3) is 0 Å². The predicted molar refractivity (Wildman–Crippen MR) is 104 cm³/mol. The van der Waals surface area contributed by atoms with Crippen molar-refractivity contribution in [1.29, 1.82) is 0 Å². The molecule has 136 valence electrons. The van der Waals surface area contributed by atoms with E-state index in [0.717, 1.165) is 44.1 Å². The van der Waals surface area contributed by atoms with Crippen LogP contribution in [0.4, 0.5) is 5.69 Å². The summed E-state index contributed by atoms with van der Waals surface area (Å²) in [6.45, 7) is 6.47. The number of hydrogen-bond acceptors (Lipinski definition) is 4. The van der Waals surface area contributed by atoms with Crippen LogP contribution in [-0.2, 0) is 16.1 Å². The van der Waals surface area contributed by atoms with Crippen molar-refractivity contribution in [1.82, 2.24) is 9.88 Å². The van der Waals surface area contributed by atoms with Gasteiger partial charge in [-0.2, -0.15) is 0 Å². The van der Waals surface area contributed by atoms with Crippen LogP contribution < -0.4 is 5.32 Å². The van der Waals surface area contributed by atoms with E-state index in [9.17, 15) is 4.79 Å². The monoisotopic (exact) mass is 371 g/mol. The highest BCUT2D eigenvalue weighted by molar-refractivity contribution is 6.32. The van der Waals surface area contributed by atoms with E-state index in [1.165, 1.54) is 11.6 Å². The zero-order chi connectivity index (χ0) is 18.4. The second kappa shape index (κ2) is 8.94. The van der Waals surface area contributed by atoms with Gasteiger partial charge in [-0.05, 0) is 42.3 Å². The average molecular weight is 372 g/mol. The predicted octanol–water partition coefficient (Wildman–Crippen LogP) is 3.53. The summed E-state index contributed by atoms with van der Waals surface area (Å²) in [6, 6.07) is 7.70. The van der Waals surface area contributed by atoms with Crippen LogP contribution in [0.2, 0.25) is 5.02 Å². The molecular formula is C20H22ClN3O2. The molecule has 0 saturated carbocycles. The number of rotatable bonds is 5. The van der Waals surface area contributed by atoms with Crippen molar-refractivity contribution < 1.29 is 9.53 Å². The Balaban J connectivity index is 1.60. The summed E-state index contributed by atoms with van der Waals surface area (Å²) in [6.07, 6.45) is 6.35. The van der Waals surface area contributed by atoms with Crippen LogP contribution in [-0.4, -0.2) is 42.1 Å². The molecule has 2 heterocycles. The summed E-state index contributed by atoms with van der Waals surface area (Å²) in [5.74, 6) is -0.203. The lowest BCUT2D eigenvalue weighted by atomic mass is 10.1. The van der Waals surface area contributed by atoms with Gasteiger partial charge in [-0.15, -0.1) is 0 Å². The second-order valence-electron chi connectivity index (χ2n) is 6.25.